The van der Waals surface area contributed by atoms with E-state index in [9.17, 15) is 5.11 Å². The number of methoxy groups -OCH3 is 2. The Balaban J connectivity index is 1.66. The van der Waals surface area contributed by atoms with Gasteiger partial charge in [0, 0.05) is 14.2 Å². The van der Waals surface area contributed by atoms with Crippen LogP contribution < -0.4 is 0 Å². The van der Waals surface area contributed by atoms with Crippen LogP contribution in [0.1, 0.15) is 11.1 Å². The number of benzene rings is 2. The molecule has 6 heteroatoms. The summed E-state index contributed by atoms with van der Waals surface area (Å²) in [6.45, 7) is 1.14. The van der Waals surface area contributed by atoms with Crippen molar-refractivity contribution in [3.63, 3.8) is 0 Å². The molecule has 0 aliphatic carbocycles. The van der Waals surface area contributed by atoms with Crippen molar-refractivity contribution in [2.24, 2.45) is 0 Å². The quantitative estimate of drug-likeness (QED) is 0.712. The monoisotopic (exact) mass is 388 g/mol. The molecule has 1 saturated heterocycles. The van der Waals surface area contributed by atoms with E-state index >= 15 is 0 Å². The highest BCUT2D eigenvalue weighted by molar-refractivity contribution is 5.14. The molecule has 152 valence electrons. The van der Waals surface area contributed by atoms with Crippen LogP contribution in [0.4, 0.5) is 0 Å². The van der Waals surface area contributed by atoms with E-state index in [2.05, 4.69) is 0 Å². The average Bonchev–Trinajstić information content (AvgIpc) is 2.74. The molecule has 1 fully saturated rings. The fourth-order valence-corrected chi connectivity index (χ4v) is 3.33. The minimum Gasteiger partial charge on any atom is -0.385 e. The van der Waals surface area contributed by atoms with Crippen molar-refractivity contribution in [3.05, 3.63) is 71.8 Å². The van der Waals surface area contributed by atoms with Gasteiger partial charge in [0.15, 0.2) is 6.29 Å². The molecular weight excluding hydrogens is 360 g/mol. The summed E-state index contributed by atoms with van der Waals surface area (Å²) in [7, 11) is 3.04. The first-order valence-corrected chi connectivity index (χ1v) is 9.39. The number of rotatable bonds is 9. The van der Waals surface area contributed by atoms with Crippen LogP contribution in [0.5, 0.6) is 0 Å². The van der Waals surface area contributed by atoms with Gasteiger partial charge in [-0.15, -0.1) is 0 Å². The summed E-state index contributed by atoms with van der Waals surface area (Å²) in [5.41, 5.74) is 2.11. The second-order valence-corrected chi connectivity index (χ2v) is 6.73. The Hall–Kier alpha value is -1.80. The van der Waals surface area contributed by atoms with Gasteiger partial charge in [-0.2, -0.15) is 0 Å². The van der Waals surface area contributed by atoms with Gasteiger partial charge >= 0.3 is 0 Å². The summed E-state index contributed by atoms with van der Waals surface area (Å²) >= 11 is 0. The third-order valence-corrected chi connectivity index (χ3v) is 4.80. The van der Waals surface area contributed by atoms with Crippen molar-refractivity contribution < 1.29 is 28.8 Å². The van der Waals surface area contributed by atoms with Gasteiger partial charge in [-0.3, -0.25) is 0 Å². The van der Waals surface area contributed by atoms with E-state index in [4.69, 9.17) is 23.7 Å². The summed E-state index contributed by atoms with van der Waals surface area (Å²) in [5, 5.41) is 10.5. The normalized spacial score (nSPS) is 27.6. The molecule has 1 N–H and O–H groups in total. The first kappa shape index (κ1) is 20.9. The van der Waals surface area contributed by atoms with E-state index in [-0.39, 0.29) is 0 Å². The second-order valence-electron chi connectivity index (χ2n) is 6.73. The van der Waals surface area contributed by atoms with E-state index < -0.39 is 30.7 Å². The molecule has 3 rings (SSSR count). The largest absolute Gasteiger partial charge is 0.385 e. The van der Waals surface area contributed by atoms with Crippen LogP contribution in [0.15, 0.2) is 60.7 Å². The minimum atomic E-state index is -0.957. The fourth-order valence-electron chi connectivity index (χ4n) is 3.33. The van der Waals surface area contributed by atoms with E-state index in [1.807, 2.05) is 60.7 Å². The maximum Gasteiger partial charge on any atom is 0.186 e. The second kappa shape index (κ2) is 10.7. The molecule has 1 heterocycles. The lowest BCUT2D eigenvalue weighted by molar-refractivity contribution is -0.308. The number of aliphatic hydroxyl groups excluding tert-OH is 1. The molecule has 5 atom stereocenters. The highest BCUT2D eigenvalue weighted by atomic mass is 16.7. The number of hydrogen-bond donors (Lipinski definition) is 1. The van der Waals surface area contributed by atoms with Crippen molar-refractivity contribution in [2.75, 3.05) is 20.8 Å². The van der Waals surface area contributed by atoms with Crippen LogP contribution in [-0.2, 0) is 36.9 Å². The van der Waals surface area contributed by atoms with Crippen molar-refractivity contribution in [1.29, 1.82) is 0 Å². The maximum atomic E-state index is 10.5. The Morgan fingerprint density at radius 3 is 2.00 bits per heavy atom. The molecule has 0 saturated carbocycles. The van der Waals surface area contributed by atoms with Gasteiger partial charge in [-0.1, -0.05) is 60.7 Å². The van der Waals surface area contributed by atoms with E-state index in [1.54, 1.807) is 7.11 Å². The third-order valence-electron chi connectivity index (χ3n) is 4.80. The Bertz CT molecular complexity index is 680. The molecule has 28 heavy (non-hydrogen) atoms. The number of hydrogen-bond acceptors (Lipinski definition) is 6. The molecule has 0 unspecified atom stereocenters. The van der Waals surface area contributed by atoms with Crippen LogP contribution in [0.2, 0.25) is 0 Å². The highest BCUT2D eigenvalue weighted by Crippen LogP contribution is 2.27. The van der Waals surface area contributed by atoms with Crippen molar-refractivity contribution in [1.82, 2.24) is 0 Å². The zero-order valence-electron chi connectivity index (χ0n) is 16.3. The smallest absolute Gasteiger partial charge is 0.186 e. The Morgan fingerprint density at radius 1 is 0.821 bits per heavy atom. The zero-order valence-corrected chi connectivity index (χ0v) is 16.3. The average molecular weight is 388 g/mol. The first-order chi connectivity index (χ1) is 13.7. The van der Waals surface area contributed by atoms with Crippen LogP contribution in [-0.4, -0.2) is 56.6 Å². The standard InChI is InChI=1S/C22H28O6/c1-24-21-19(23)22(25-2)28-18(15-26-13-16-9-5-3-6-10-16)20(21)27-14-17-11-7-4-8-12-17/h3-12,18-23H,13-15H2,1-2H3/t18-,19+,20-,21+,22+/m1/s1. The van der Waals surface area contributed by atoms with Crippen molar-refractivity contribution in [3.8, 4) is 0 Å². The molecule has 0 radical (unpaired) electrons. The Kier molecular flexibility index (Phi) is 7.97. The predicted octanol–water partition coefficient (Wildman–Crippen LogP) is 2.54. The summed E-state index contributed by atoms with van der Waals surface area (Å²) in [6.07, 6.45) is -3.28. The summed E-state index contributed by atoms with van der Waals surface area (Å²) in [4.78, 5) is 0. The highest BCUT2D eigenvalue weighted by Gasteiger charge is 2.46. The maximum absolute atomic E-state index is 10.5. The number of ether oxygens (including phenoxy) is 5. The van der Waals surface area contributed by atoms with Gasteiger partial charge in [-0.25, -0.2) is 0 Å². The van der Waals surface area contributed by atoms with Gasteiger partial charge in [-0.05, 0) is 11.1 Å². The Labute approximate surface area is 165 Å². The SMILES string of the molecule is CO[C@H]1O[C@H](COCc2ccccc2)[C@@H](OCc2ccccc2)[C@@H](OC)[C@@H]1O. The molecule has 1 aliphatic rings. The fraction of sp³-hybridized carbons (Fsp3) is 0.455. The lowest BCUT2D eigenvalue weighted by Gasteiger charge is -2.43. The summed E-state index contributed by atoms with van der Waals surface area (Å²) < 4.78 is 28.7. The van der Waals surface area contributed by atoms with Gasteiger partial charge in [0.1, 0.15) is 24.4 Å². The molecule has 2 aromatic carbocycles. The van der Waals surface area contributed by atoms with Crippen LogP contribution in [0.3, 0.4) is 0 Å². The van der Waals surface area contributed by atoms with E-state index in [0.717, 1.165) is 11.1 Å². The van der Waals surface area contributed by atoms with Gasteiger partial charge in [0.25, 0.3) is 0 Å². The summed E-state index contributed by atoms with van der Waals surface area (Å²) in [5.74, 6) is 0. The minimum absolute atomic E-state index is 0.292. The van der Waals surface area contributed by atoms with Gasteiger partial charge in [0.2, 0.25) is 0 Å². The van der Waals surface area contributed by atoms with E-state index in [1.165, 1.54) is 7.11 Å². The zero-order chi connectivity index (χ0) is 19.8. The molecular formula is C22H28O6. The topological polar surface area (TPSA) is 66.4 Å². The van der Waals surface area contributed by atoms with Gasteiger partial charge in [0.05, 0.1) is 19.8 Å². The lowest BCUT2D eigenvalue weighted by atomic mass is 9.98. The Morgan fingerprint density at radius 2 is 1.43 bits per heavy atom. The van der Waals surface area contributed by atoms with Crippen LogP contribution in [0, 0.1) is 0 Å². The molecule has 1 aliphatic heterocycles. The van der Waals surface area contributed by atoms with Crippen molar-refractivity contribution >= 4 is 0 Å². The van der Waals surface area contributed by atoms with Crippen molar-refractivity contribution in [2.45, 2.75) is 43.9 Å². The van der Waals surface area contributed by atoms with Gasteiger partial charge < -0.3 is 28.8 Å². The third kappa shape index (κ3) is 5.38. The number of aliphatic hydroxyl groups is 1. The molecule has 0 bridgehead atoms. The lowest BCUT2D eigenvalue weighted by Crippen LogP contribution is -2.60. The van der Waals surface area contributed by atoms with E-state index in [0.29, 0.717) is 19.8 Å². The molecule has 0 aromatic heterocycles. The molecule has 6 nitrogen and oxygen atoms in total. The molecule has 0 amide bonds. The molecule has 0 spiro atoms. The summed E-state index contributed by atoms with van der Waals surface area (Å²) in [6, 6.07) is 19.8. The van der Waals surface area contributed by atoms with Crippen LogP contribution in [0.25, 0.3) is 0 Å². The molecule has 2 aromatic rings. The first-order valence-electron chi connectivity index (χ1n) is 9.39. The predicted molar refractivity (Wildman–Crippen MR) is 104 cm³/mol. The van der Waals surface area contributed by atoms with Crippen LogP contribution >= 0.6 is 0 Å².